The van der Waals surface area contributed by atoms with Crippen LogP contribution in [0.2, 0.25) is 0 Å². The van der Waals surface area contributed by atoms with Crippen molar-refractivity contribution in [2.45, 2.75) is 88.3 Å². The SMILES string of the molecule is C#Cc1c(F)ccc2cc(OCOC)cc(-c3nc4c5c(nc(OC[C@]67CCCN6C[C@@H](F)C7)nc5c3F)N3C[C@@H]5CC[C@H]([C@H]3CO4)N5C(=O)OC(C)(C)C)c12. The molecule has 0 aliphatic carbocycles. The van der Waals surface area contributed by atoms with Gasteiger partial charge >= 0.3 is 12.1 Å². The molecule has 2 bridgehead atoms. The summed E-state index contributed by atoms with van der Waals surface area (Å²) in [7, 11) is 1.47. The highest BCUT2D eigenvalue weighted by Gasteiger charge is 2.52. The summed E-state index contributed by atoms with van der Waals surface area (Å²) in [5, 5.41) is 0.970. The van der Waals surface area contributed by atoms with Crippen LogP contribution in [0.5, 0.6) is 17.6 Å². The first kappa shape index (κ1) is 36.6. The van der Waals surface area contributed by atoms with Crippen LogP contribution >= 0.6 is 0 Å². The molecule has 0 N–H and O–H groups in total. The second-order valence-corrected chi connectivity index (χ2v) is 16.4. The maximum atomic E-state index is 17.5. The zero-order valence-corrected chi connectivity index (χ0v) is 31.7. The number of amides is 1. The summed E-state index contributed by atoms with van der Waals surface area (Å²) in [6.07, 6.45) is 7.89. The lowest BCUT2D eigenvalue weighted by Crippen LogP contribution is -2.63. The highest BCUT2D eigenvalue weighted by atomic mass is 19.1. The summed E-state index contributed by atoms with van der Waals surface area (Å²) < 4.78 is 77.2. The molecule has 5 aliphatic heterocycles. The van der Waals surface area contributed by atoms with Crippen molar-refractivity contribution >= 4 is 33.6 Å². The van der Waals surface area contributed by atoms with E-state index in [2.05, 4.69) is 15.8 Å². The Balaban J connectivity index is 1.21. The lowest BCUT2D eigenvalue weighted by atomic mass is 9.95. The van der Waals surface area contributed by atoms with Gasteiger partial charge in [0, 0.05) is 37.6 Å². The molecule has 0 unspecified atom stereocenters. The second kappa shape index (κ2) is 13.5. The van der Waals surface area contributed by atoms with E-state index < -0.39 is 41.1 Å². The number of carbonyl (C=O) groups excluding carboxylic acids is 1. The van der Waals surface area contributed by atoms with E-state index in [4.69, 9.17) is 40.1 Å². The Kier molecular flexibility index (Phi) is 8.85. The number of benzene rings is 2. The molecule has 0 spiro atoms. The quantitative estimate of drug-likeness (QED) is 0.154. The number of pyridine rings is 1. The maximum absolute atomic E-state index is 17.5. The number of carbonyl (C=O) groups is 1. The Morgan fingerprint density at radius 1 is 1.09 bits per heavy atom. The number of terminal acetylenes is 1. The lowest BCUT2D eigenvalue weighted by molar-refractivity contribution is 0.00537. The number of fused-ring (bicyclic) bond motifs is 7. The molecule has 4 saturated heterocycles. The highest BCUT2D eigenvalue weighted by Crippen LogP contribution is 2.47. The average Bonchev–Trinajstić information content (AvgIpc) is 3.76. The molecule has 0 radical (unpaired) electrons. The number of nitrogens with zero attached hydrogens (tertiary/aromatic N) is 6. The van der Waals surface area contributed by atoms with Crippen LogP contribution < -0.4 is 19.1 Å². The topological polar surface area (TPSA) is 112 Å². The number of ether oxygens (including phenoxy) is 5. The highest BCUT2D eigenvalue weighted by molar-refractivity contribution is 6.04. The number of alkyl halides is 1. The van der Waals surface area contributed by atoms with Gasteiger partial charge in [0.05, 0.1) is 29.2 Å². The zero-order chi connectivity index (χ0) is 39.1. The molecule has 1 amide bonds. The Hall–Kier alpha value is -5.07. The van der Waals surface area contributed by atoms with Gasteiger partial charge in [-0.1, -0.05) is 12.0 Å². The number of hydrogen-bond acceptors (Lipinski definition) is 11. The van der Waals surface area contributed by atoms with Crippen LogP contribution in [-0.4, -0.2) is 113 Å². The van der Waals surface area contributed by atoms with Gasteiger partial charge in [-0.25, -0.2) is 22.9 Å². The Morgan fingerprint density at radius 3 is 2.71 bits per heavy atom. The van der Waals surface area contributed by atoms with Crippen molar-refractivity contribution in [3.8, 4) is 41.2 Å². The number of rotatable bonds is 7. The van der Waals surface area contributed by atoms with E-state index in [1.165, 1.54) is 25.3 Å². The van der Waals surface area contributed by atoms with E-state index in [-0.39, 0.29) is 77.1 Å². The van der Waals surface area contributed by atoms with Crippen LogP contribution in [0.25, 0.3) is 32.9 Å². The molecule has 56 heavy (non-hydrogen) atoms. The first-order valence-electron chi connectivity index (χ1n) is 19.1. The molecule has 4 aromatic rings. The molecule has 294 valence electrons. The van der Waals surface area contributed by atoms with E-state index >= 15 is 8.78 Å². The smallest absolute Gasteiger partial charge is 0.410 e. The molecule has 4 fully saturated rings. The second-order valence-electron chi connectivity index (χ2n) is 16.4. The first-order chi connectivity index (χ1) is 26.9. The standard InChI is InChI=1S/C41H43F3N6O6/c1-6-26-28(43)10-8-22-14-25(55-21-52-5)15-27(31(22)26)34-33(44)35-32-36(47-38(46-35)54-20-41-12-7-13-48(41)17-23(42)16-41)49-18-24-9-11-29(30(49)19-53-37(32)45-34)50(24)39(51)56-40(2,3)4/h1,8,10,14-15,23-24,29-30H,7,9,11-13,16-21H2,2-5H3/t23-,24-,29+,30+,41+/m0/s1. The van der Waals surface area contributed by atoms with Gasteiger partial charge in [-0.3, -0.25) is 9.80 Å². The summed E-state index contributed by atoms with van der Waals surface area (Å²) in [5.74, 6) is 1.65. The molecule has 7 heterocycles. The third-order valence-electron chi connectivity index (χ3n) is 11.8. The van der Waals surface area contributed by atoms with Crippen LogP contribution in [-0.2, 0) is 9.47 Å². The van der Waals surface area contributed by atoms with E-state index in [0.29, 0.717) is 42.9 Å². The largest absolute Gasteiger partial charge is 0.475 e. The summed E-state index contributed by atoms with van der Waals surface area (Å²) in [5.41, 5.74) is -1.46. The van der Waals surface area contributed by atoms with E-state index in [0.717, 1.165) is 25.8 Å². The van der Waals surface area contributed by atoms with Crippen molar-refractivity contribution in [2.75, 3.05) is 51.7 Å². The molecular weight excluding hydrogens is 729 g/mol. The fourth-order valence-corrected chi connectivity index (χ4v) is 9.50. The lowest BCUT2D eigenvalue weighted by Gasteiger charge is -2.46. The predicted molar refractivity (Wildman–Crippen MR) is 201 cm³/mol. The summed E-state index contributed by atoms with van der Waals surface area (Å²) in [6.45, 7) is 7.07. The number of anilines is 1. The van der Waals surface area contributed by atoms with Crippen LogP contribution in [0.1, 0.15) is 58.4 Å². The van der Waals surface area contributed by atoms with Crippen LogP contribution in [0, 0.1) is 24.0 Å². The van der Waals surface area contributed by atoms with Gasteiger partial charge in [0.15, 0.2) is 12.6 Å². The minimum atomic E-state index is -0.972. The van der Waals surface area contributed by atoms with Crippen molar-refractivity contribution in [3.63, 3.8) is 0 Å². The van der Waals surface area contributed by atoms with Gasteiger partial charge in [-0.15, -0.1) is 6.42 Å². The van der Waals surface area contributed by atoms with Gasteiger partial charge in [0.1, 0.15) is 59.0 Å². The van der Waals surface area contributed by atoms with E-state index in [1.807, 2.05) is 25.7 Å². The molecule has 2 aromatic carbocycles. The summed E-state index contributed by atoms with van der Waals surface area (Å²) in [6, 6.07) is 4.97. The maximum Gasteiger partial charge on any atom is 0.410 e. The predicted octanol–water partition coefficient (Wildman–Crippen LogP) is 6.39. The minimum Gasteiger partial charge on any atom is -0.475 e. The van der Waals surface area contributed by atoms with Crippen molar-refractivity contribution in [3.05, 3.63) is 41.5 Å². The van der Waals surface area contributed by atoms with Gasteiger partial charge in [0.2, 0.25) is 5.88 Å². The minimum absolute atomic E-state index is 0.0543. The molecule has 15 heteroatoms. The molecule has 12 nitrogen and oxygen atoms in total. The van der Waals surface area contributed by atoms with Gasteiger partial charge < -0.3 is 28.6 Å². The van der Waals surface area contributed by atoms with Crippen LogP contribution in [0.4, 0.5) is 23.8 Å². The summed E-state index contributed by atoms with van der Waals surface area (Å²) >= 11 is 0. The zero-order valence-electron chi connectivity index (χ0n) is 31.7. The van der Waals surface area contributed by atoms with E-state index in [1.54, 1.807) is 11.0 Å². The van der Waals surface area contributed by atoms with Crippen LogP contribution in [0.15, 0.2) is 24.3 Å². The fourth-order valence-electron chi connectivity index (χ4n) is 9.50. The Morgan fingerprint density at radius 2 is 1.93 bits per heavy atom. The van der Waals surface area contributed by atoms with Crippen molar-refractivity contribution in [1.29, 1.82) is 0 Å². The third kappa shape index (κ3) is 6.00. The monoisotopic (exact) mass is 772 g/mol. The van der Waals surface area contributed by atoms with E-state index in [9.17, 15) is 9.18 Å². The number of hydrogen-bond donors (Lipinski definition) is 0. The molecule has 9 rings (SSSR count). The normalized spacial score (nSPS) is 25.5. The molecule has 0 saturated carbocycles. The molecule has 5 atom stereocenters. The van der Waals surface area contributed by atoms with Gasteiger partial charge in [-0.2, -0.15) is 9.97 Å². The summed E-state index contributed by atoms with van der Waals surface area (Å²) in [4.78, 5) is 33.9. The fraction of sp³-hybridized carbons (Fsp3) is 0.512. The third-order valence-corrected chi connectivity index (χ3v) is 11.8. The molecule has 2 aromatic heterocycles. The van der Waals surface area contributed by atoms with Crippen molar-refractivity contribution < 1.29 is 41.7 Å². The van der Waals surface area contributed by atoms with Crippen molar-refractivity contribution in [2.24, 2.45) is 0 Å². The molecule has 5 aliphatic rings. The number of piperazine rings is 1. The Bertz CT molecular complexity index is 2300. The first-order valence-corrected chi connectivity index (χ1v) is 19.1. The number of halogens is 3. The number of aromatic nitrogens is 3. The average molecular weight is 773 g/mol. The Labute approximate surface area is 322 Å². The van der Waals surface area contributed by atoms with Gasteiger partial charge in [0.25, 0.3) is 0 Å². The molecular formula is C41H43F3N6O6. The van der Waals surface area contributed by atoms with Crippen molar-refractivity contribution in [1.82, 2.24) is 24.8 Å². The van der Waals surface area contributed by atoms with Gasteiger partial charge in [-0.05, 0) is 76.6 Å². The van der Waals surface area contributed by atoms with Crippen LogP contribution in [0.3, 0.4) is 0 Å². The number of methoxy groups -OCH3 is 1.